The van der Waals surface area contributed by atoms with Gasteiger partial charge in [-0.2, -0.15) is 0 Å². The van der Waals surface area contributed by atoms with Gasteiger partial charge in [-0.1, -0.05) is 19.9 Å². The van der Waals surface area contributed by atoms with Gasteiger partial charge in [0.05, 0.1) is 29.1 Å². The first-order chi connectivity index (χ1) is 20.5. The molecule has 1 aromatic carbocycles. The van der Waals surface area contributed by atoms with Crippen LogP contribution in [0, 0.1) is 5.82 Å². The minimum Gasteiger partial charge on any atom is -0.475 e. The van der Waals surface area contributed by atoms with Crippen LogP contribution in [0.3, 0.4) is 0 Å². The zero-order valence-corrected chi connectivity index (χ0v) is 25.2. The molecule has 12 heteroatoms. The monoisotopic (exact) mass is 604 g/mol. The summed E-state index contributed by atoms with van der Waals surface area (Å²) in [5.41, 5.74) is 2.81. The van der Waals surface area contributed by atoms with Gasteiger partial charge in [-0.3, -0.25) is 19.5 Å². The molecule has 0 bridgehead atoms. The number of amides is 1. The summed E-state index contributed by atoms with van der Waals surface area (Å²) in [4.78, 5) is 28.6. The number of sulfonamides is 1. The van der Waals surface area contributed by atoms with E-state index < -0.39 is 21.3 Å². The summed E-state index contributed by atoms with van der Waals surface area (Å²) in [6.45, 7) is 4.81. The molecule has 1 fully saturated rings. The molecule has 43 heavy (non-hydrogen) atoms. The highest BCUT2D eigenvalue weighted by Gasteiger charge is 2.59. The Kier molecular flexibility index (Phi) is 7.29. The molecule has 1 saturated carbocycles. The molecule has 1 amide bonds. The summed E-state index contributed by atoms with van der Waals surface area (Å²) in [7, 11) is -1.94. The molecule has 0 saturated heterocycles. The molecule has 0 atom stereocenters. The van der Waals surface area contributed by atoms with Crippen LogP contribution in [0.25, 0.3) is 22.0 Å². The number of benzene rings is 1. The topological polar surface area (TPSA) is 126 Å². The number of halogens is 1. The number of hydrogen-bond donors (Lipinski definition) is 2. The zero-order valence-electron chi connectivity index (χ0n) is 24.4. The van der Waals surface area contributed by atoms with Gasteiger partial charge in [0.1, 0.15) is 18.1 Å². The van der Waals surface area contributed by atoms with E-state index in [2.05, 4.69) is 25.0 Å². The second-order valence-electron chi connectivity index (χ2n) is 11.6. The molecule has 1 aliphatic heterocycles. The van der Waals surface area contributed by atoms with Crippen molar-refractivity contribution in [2.45, 2.75) is 44.1 Å². The minimum absolute atomic E-state index is 0.00961. The van der Waals surface area contributed by atoms with Crippen molar-refractivity contribution >= 4 is 38.2 Å². The summed E-state index contributed by atoms with van der Waals surface area (Å²) in [5.74, 6) is -0.340. The second-order valence-corrected chi connectivity index (χ2v) is 13.3. The Balaban J connectivity index is 1.41. The number of nitrogens with one attached hydrogen (secondary N) is 2. The first-order valence-electron chi connectivity index (χ1n) is 14.1. The van der Waals surface area contributed by atoms with Crippen molar-refractivity contribution in [3.8, 4) is 17.0 Å². The van der Waals surface area contributed by atoms with Crippen LogP contribution in [-0.2, 0) is 20.2 Å². The number of hydrogen-bond acceptors (Lipinski definition) is 8. The number of carbonyl (C=O) groups is 1. The van der Waals surface area contributed by atoms with Crippen molar-refractivity contribution in [2.75, 3.05) is 36.1 Å². The largest absolute Gasteiger partial charge is 0.475 e. The summed E-state index contributed by atoms with van der Waals surface area (Å²) in [5, 5.41) is 3.89. The van der Waals surface area contributed by atoms with Gasteiger partial charge in [-0.05, 0) is 37.1 Å². The van der Waals surface area contributed by atoms with E-state index in [1.165, 1.54) is 18.3 Å². The molecule has 224 valence electrons. The number of anilines is 2. The van der Waals surface area contributed by atoms with E-state index in [0.717, 1.165) is 17.5 Å². The molecule has 1 aliphatic carbocycles. The highest BCUT2D eigenvalue weighted by Crippen LogP contribution is 2.60. The first-order valence-corrected chi connectivity index (χ1v) is 16.0. The van der Waals surface area contributed by atoms with Crippen LogP contribution >= 0.6 is 0 Å². The van der Waals surface area contributed by atoms with Crippen molar-refractivity contribution < 1.29 is 22.3 Å². The van der Waals surface area contributed by atoms with Crippen molar-refractivity contribution in [3.63, 3.8) is 0 Å². The molecule has 4 aromatic rings. The van der Waals surface area contributed by atoms with Crippen LogP contribution in [0.5, 0.6) is 5.88 Å². The molecule has 4 heterocycles. The van der Waals surface area contributed by atoms with E-state index in [1.807, 2.05) is 32.0 Å². The van der Waals surface area contributed by atoms with Gasteiger partial charge in [0.25, 0.3) is 0 Å². The number of rotatable bonds is 9. The van der Waals surface area contributed by atoms with E-state index in [9.17, 15) is 13.2 Å². The predicted molar refractivity (Wildman–Crippen MR) is 163 cm³/mol. The van der Waals surface area contributed by atoms with Gasteiger partial charge in [0, 0.05) is 71.8 Å². The summed E-state index contributed by atoms with van der Waals surface area (Å²) >= 11 is 0. The van der Waals surface area contributed by atoms with E-state index >= 15 is 4.39 Å². The Bertz CT molecular complexity index is 1830. The van der Waals surface area contributed by atoms with Crippen LogP contribution in [-0.4, -0.2) is 61.8 Å². The third kappa shape index (κ3) is 5.29. The number of likely N-dealkylation sites (N-methyl/N-ethyl adjacent to an activating group) is 1. The lowest BCUT2D eigenvalue weighted by Gasteiger charge is -2.44. The number of nitrogens with zero attached hydrogens (tertiary/aromatic N) is 4. The SMILES string of the molecule is CC(C)NCCOc1ncc(-c2cc3c(cc2F)ncc2c3[C@]3(C[C@@H](c4ccccn4)C3)C(=O)N2C)cc1NS(C)(=O)=O. The van der Waals surface area contributed by atoms with Gasteiger partial charge in [0.15, 0.2) is 0 Å². The normalized spacial score (nSPS) is 19.6. The average molecular weight is 605 g/mol. The van der Waals surface area contributed by atoms with Crippen LogP contribution in [0.1, 0.15) is 43.9 Å². The Morgan fingerprint density at radius 1 is 1.14 bits per heavy atom. The van der Waals surface area contributed by atoms with Crippen LogP contribution < -0.4 is 19.7 Å². The maximum Gasteiger partial charge on any atom is 0.238 e. The van der Waals surface area contributed by atoms with Gasteiger partial charge < -0.3 is 15.0 Å². The quantitative estimate of drug-likeness (QED) is 0.270. The smallest absolute Gasteiger partial charge is 0.238 e. The molecule has 1 spiro atoms. The molecule has 10 nitrogen and oxygen atoms in total. The number of fused-ring (bicyclic) bond motifs is 4. The number of ether oxygens (including phenoxy) is 1. The van der Waals surface area contributed by atoms with Crippen molar-refractivity contribution in [2.24, 2.45) is 0 Å². The molecular formula is C31H33FN6O4S. The lowest BCUT2D eigenvalue weighted by Crippen LogP contribution is -2.48. The maximum atomic E-state index is 15.6. The van der Waals surface area contributed by atoms with Gasteiger partial charge in [-0.15, -0.1) is 0 Å². The Morgan fingerprint density at radius 2 is 1.93 bits per heavy atom. The average Bonchev–Trinajstić information content (AvgIpc) is 3.16. The minimum atomic E-state index is -3.68. The van der Waals surface area contributed by atoms with E-state index in [0.29, 0.717) is 41.5 Å². The van der Waals surface area contributed by atoms with Crippen LogP contribution in [0.15, 0.2) is 55.0 Å². The Hall–Kier alpha value is -4.16. The fourth-order valence-corrected chi connectivity index (χ4v) is 6.73. The third-order valence-electron chi connectivity index (χ3n) is 8.14. The van der Waals surface area contributed by atoms with Crippen molar-refractivity contribution in [1.29, 1.82) is 0 Å². The fraction of sp³-hybridized carbons (Fsp3) is 0.355. The van der Waals surface area contributed by atoms with Gasteiger partial charge in [-0.25, -0.2) is 17.8 Å². The lowest BCUT2D eigenvalue weighted by molar-refractivity contribution is -0.126. The molecular weight excluding hydrogens is 571 g/mol. The molecule has 2 N–H and O–H groups in total. The summed E-state index contributed by atoms with van der Waals surface area (Å²) in [6.07, 6.45) is 7.05. The van der Waals surface area contributed by atoms with E-state index in [4.69, 9.17) is 4.74 Å². The first kappa shape index (κ1) is 28.9. The maximum absolute atomic E-state index is 15.6. The second kappa shape index (κ2) is 10.8. The molecule has 6 rings (SSSR count). The number of aromatic nitrogens is 3. The van der Waals surface area contributed by atoms with Crippen molar-refractivity contribution in [1.82, 2.24) is 20.3 Å². The highest BCUT2D eigenvalue weighted by molar-refractivity contribution is 7.92. The van der Waals surface area contributed by atoms with Gasteiger partial charge >= 0.3 is 0 Å². The zero-order chi connectivity index (χ0) is 30.5. The Morgan fingerprint density at radius 3 is 2.63 bits per heavy atom. The molecule has 0 unspecified atom stereocenters. The van der Waals surface area contributed by atoms with Crippen molar-refractivity contribution in [3.05, 3.63) is 72.1 Å². The van der Waals surface area contributed by atoms with E-state index in [-0.39, 0.29) is 41.6 Å². The highest BCUT2D eigenvalue weighted by atomic mass is 32.2. The Labute approximate surface area is 249 Å². The summed E-state index contributed by atoms with van der Waals surface area (Å²) in [6, 6.07) is 10.6. The standard InChI is InChI=1S/C31H33FN6O4S/c1-18(2)33-9-10-42-29-26(37-43(4,40)41)11-19(16-36-29)21-12-22-25(13-23(21)32)35-17-27-28(22)31(30(39)38(27)3)14-20(15-31)24-7-5-6-8-34-24/h5-8,11-13,16-18,20,33,37H,9-10,14-15H2,1-4H3/t20-,31-. The van der Waals surface area contributed by atoms with Crippen LogP contribution in [0.4, 0.5) is 15.8 Å². The predicted octanol–water partition coefficient (Wildman–Crippen LogP) is 4.37. The lowest BCUT2D eigenvalue weighted by atomic mass is 9.57. The third-order valence-corrected chi connectivity index (χ3v) is 8.73. The fourth-order valence-electron chi connectivity index (χ4n) is 6.19. The number of carbonyl (C=O) groups excluding carboxylic acids is 1. The molecule has 3 aromatic heterocycles. The van der Waals surface area contributed by atoms with Gasteiger partial charge in [0.2, 0.25) is 21.8 Å². The van der Waals surface area contributed by atoms with Crippen LogP contribution in [0.2, 0.25) is 0 Å². The molecule has 0 radical (unpaired) electrons. The summed E-state index contributed by atoms with van der Waals surface area (Å²) < 4.78 is 48.2. The number of pyridine rings is 3. The van der Waals surface area contributed by atoms with E-state index in [1.54, 1.807) is 30.4 Å². The molecule has 2 aliphatic rings.